The lowest BCUT2D eigenvalue weighted by Gasteiger charge is -2.06. The highest BCUT2D eigenvalue weighted by atomic mass is 32.2. The summed E-state index contributed by atoms with van der Waals surface area (Å²) in [6.45, 7) is 2.70. The van der Waals surface area contributed by atoms with Crippen LogP contribution in [-0.2, 0) is 13.0 Å². The van der Waals surface area contributed by atoms with Crippen molar-refractivity contribution in [2.24, 2.45) is 0 Å². The predicted octanol–water partition coefficient (Wildman–Crippen LogP) is 3.92. The zero-order chi connectivity index (χ0) is 18.8. The van der Waals surface area contributed by atoms with Gasteiger partial charge in [-0.15, -0.1) is 5.10 Å². The molecule has 5 nitrogen and oxygen atoms in total. The molecule has 0 spiro atoms. The normalized spacial score (nSPS) is 12.0. The Kier molecular flexibility index (Phi) is 4.99. The molecule has 27 heavy (non-hydrogen) atoms. The number of nitrogens with one attached hydrogen (secondary N) is 1. The molecule has 3 aromatic rings. The lowest BCUT2D eigenvalue weighted by molar-refractivity contribution is 0.102. The van der Waals surface area contributed by atoms with Crippen LogP contribution in [0.2, 0.25) is 0 Å². The summed E-state index contributed by atoms with van der Waals surface area (Å²) < 4.78 is 1.61. The fourth-order valence-electron chi connectivity index (χ4n) is 3.44. The van der Waals surface area contributed by atoms with Crippen LogP contribution in [0.25, 0.3) is 11.1 Å². The Bertz CT molecular complexity index is 1050. The molecule has 2 aromatic carbocycles. The molecule has 138 valence electrons. The summed E-state index contributed by atoms with van der Waals surface area (Å²) in [7, 11) is 0. The lowest BCUT2D eigenvalue weighted by Crippen LogP contribution is -2.18. The second-order valence-electron chi connectivity index (χ2n) is 6.73. The van der Waals surface area contributed by atoms with Crippen molar-refractivity contribution in [3.63, 3.8) is 0 Å². The standard InChI is InChI=1S/C21H21N3O2S/c1-2-3-10-24-20(26)22-23-21(24)27-13-19(25)16-9-8-15-11-14-6-4-5-7-17(14)18(15)12-16/h4-9,12H,2-3,10-11,13H2,1H3,(H,22,26). The van der Waals surface area contributed by atoms with Crippen LogP contribution in [-0.4, -0.2) is 26.3 Å². The molecule has 1 heterocycles. The van der Waals surface area contributed by atoms with Crippen LogP contribution in [0.5, 0.6) is 0 Å². The van der Waals surface area contributed by atoms with Crippen molar-refractivity contribution in [2.75, 3.05) is 5.75 Å². The van der Waals surface area contributed by atoms with Crippen molar-refractivity contribution in [1.29, 1.82) is 0 Å². The number of Topliss-reactive ketones (excluding diaryl/α,β-unsaturated/α-hetero) is 1. The zero-order valence-electron chi connectivity index (χ0n) is 15.2. The van der Waals surface area contributed by atoms with Crippen LogP contribution in [0, 0.1) is 0 Å². The first kappa shape index (κ1) is 17.8. The van der Waals surface area contributed by atoms with Gasteiger partial charge in [-0.05, 0) is 41.2 Å². The summed E-state index contributed by atoms with van der Waals surface area (Å²) in [5.41, 5.74) is 5.43. The van der Waals surface area contributed by atoms with E-state index >= 15 is 0 Å². The van der Waals surface area contributed by atoms with Crippen LogP contribution < -0.4 is 5.69 Å². The highest BCUT2D eigenvalue weighted by Crippen LogP contribution is 2.37. The molecule has 1 N–H and O–H groups in total. The quantitative estimate of drug-likeness (QED) is 0.390. The average molecular weight is 379 g/mol. The van der Waals surface area contributed by atoms with Gasteiger partial charge < -0.3 is 0 Å². The Labute approximate surface area is 161 Å². The van der Waals surface area contributed by atoms with Crippen LogP contribution in [0.4, 0.5) is 0 Å². The first-order valence-electron chi connectivity index (χ1n) is 9.19. The maximum Gasteiger partial charge on any atom is 0.343 e. The van der Waals surface area contributed by atoms with E-state index in [0.717, 1.165) is 24.8 Å². The van der Waals surface area contributed by atoms with Gasteiger partial charge in [0, 0.05) is 12.1 Å². The fraction of sp³-hybridized carbons (Fsp3) is 0.286. The van der Waals surface area contributed by atoms with E-state index in [1.54, 1.807) is 4.57 Å². The second kappa shape index (κ2) is 7.56. The third-order valence-electron chi connectivity index (χ3n) is 4.91. The van der Waals surface area contributed by atoms with Crippen LogP contribution in [0.3, 0.4) is 0 Å². The van der Waals surface area contributed by atoms with Crippen molar-refractivity contribution >= 4 is 17.5 Å². The largest absolute Gasteiger partial charge is 0.343 e. The Balaban J connectivity index is 1.50. The van der Waals surface area contributed by atoms with Gasteiger partial charge >= 0.3 is 5.69 Å². The summed E-state index contributed by atoms with van der Waals surface area (Å²) in [5, 5.41) is 7.12. The van der Waals surface area contributed by atoms with Gasteiger partial charge in [-0.3, -0.25) is 9.36 Å². The monoisotopic (exact) mass is 379 g/mol. The molecule has 1 aromatic heterocycles. The number of rotatable bonds is 7. The Morgan fingerprint density at radius 2 is 2.00 bits per heavy atom. The van der Waals surface area contributed by atoms with E-state index in [2.05, 4.69) is 41.4 Å². The molecule has 4 rings (SSSR count). The van der Waals surface area contributed by atoms with Gasteiger partial charge in [0.2, 0.25) is 0 Å². The van der Waals surface area contributed by atoms with Gasteiger partial charge in [-0.1, -0.05) is 61.5 Å². The minimum atomic E-state index is -0.215. The van der Waals surface area contributed by atoms with Crippen molar-refractivity contribution in [3.05, 3.63) is 69.6 Å². The number of aromatic amines is 1. The number of nitrogens with zero attached hydrogens (tertiary/aromatic N) is 2. The van der Waals surface area contributed by atoms with Crippen molar-refractivity contribution in [3.8, 4) is 11.1 Å². The second-order valence-corrected chi connectivity index (χ2v) is 7.68. The number of benzene rings is 2. The fourth-order valence-corrected chi connectivity index (χ4v) is 4.30. The lowest BCUT2D eigenvalue weighted by atomic mass is 10.0. The van der Waals surface area contributed by atoms with E-state index in [4.69, 9.17) is 0 Å². The summed E-state index contributed by atoms with van der Waals surface area (Å²) in [6, 6.07) is 14.3. The minimum Gasteiger partial charge on any atom is -0.293 e. The number of unbranched alkanes of at least 4 members (excludes halogenated alkanes) is 1. The third kappa shape index (κ3) is 3.49. The number of ketones is 1. The van der Waals surface area contributed by atoms with E-state index in [1.807, 2.05) is 18.2 Å². The average Bonchev–Trinajstić information content (AvgIpc) is 3.24. The zero-order valence-corrected chi connectivity index (χ0v) is 16.0. The summed E-state index contributed by atoms with van der Waals surface area (Å²) in [6.07, 6.45) is 2.83. The molecule has 0 atom stereocenters. The number of H-pyrrole nitrogens is 1. The Hall–Kier alpha value is -2.60. The number of hydrogen-bond acceptors (Lipinski definition) is 4. The number of hydrogen-bond donors (Lipinski definition) is 1. The summed E-state index contributed by atoms with van der Waals surface area (Å²) in [5.74, 6) is 0.307. The summed E-state index contributed by atoms with van der Waals surface area (Å²) >= 11 is 1.31. The van der Waals surface area contributed by atoms with E-state index in [9.17, 15) is 9.59 Å². The van der Waals surface area contributed by atoms with Crippen molar-refractivity contribution in [2.45, 2.75) is 37.9 Å². The van der Waals surface area contributed by atoms with Crippen LogP contribution in [0.15, 0.2) is 52.4 Å². The number of carbonyl (C=O) groups excluding carboxylic acids is 1. The maximum absolute atomic E-state index is 12.7. The Morgan fingerprint density at radius 3 is 2.85 bits per heavy atom. The van der Waals surface area contributed by atoms with Crippen molar-refractivity contribution in [1.82, 2.24) is 14.8 Å². The molecule has 0 saturated heterocycles. The highest BCUT2D eigenvalue weighted by molar-refractivity contribution is 7.99. The SMILES string of the molecule is CCCCn1c(SCC(=O)c2ccc3c(c2)-c2ccccc2C3)n[nH]c1=O. The molecule has 0 aliphatic heterocycles. The number of carbonyl (C=O) groups is 1. The molecule has 6 heteroatoms. The summed E-state index contributed by atoms with van der Waals surface area (Å²) in [4.78, 5) is 24.6. The van der Waals surface area contributed by atoms with Crippen LogP contribution >= 0.6 is 11.8 Å². The molecule has 1 aliphatic carbocycles. The van der Waals surface area contributed by atoms with E-state index in [-0.39, 0.29) is 17.2 Å². The molecular weight excluding hydrogens is 358 g/mol. The first-order valence-corrected chi connectivity index (χ1v) is 10.2. The van der Waals surface area contributed by atoms with Gasteiger partial charge in [0.05, 0.1) is 5.75 Å². The van der Waals surface area contributed by atoms with E-state index in [1.165, 1.54) is 28.5 Å². The van der Waals surface area contributed by atoms with E-state index in [0.29, 0.717) is 17.3 Å². The number of fused-ring (bicyclic) bond motifs is 3. The first-order chi connectivity index (χ1) is 13.2. The molecule has 0 unspecified atom stereocenters. The van der Waals surface area contributed by atoms with Gasteiger partial charge in [0.25, 0.3) is 0 Å². The minimum absolute atomic E-state index is 0.0460. The molecule has 0 saturated carbocycles. The van der Waals surface area contributed by atoms with Gasteiger partial charge in [0.15, 0.2) is 10.9 Å². The maximum atomic E-state index is 12.7. The van der Waals surface area contributed by atoms with Gasteiger partial charge in [0.1, 0.15) is 0 Å². The predicted molar refractivity (Wildman–Crippen MR) is 107 cm³/mol. The number of thioether (sulfide) groups is 1. The topological polar surface area (TPSA) is 67.8 Å². The van der Waals surface area contributed by atoms with Crippen LogP contribution in [0.1, 0.15) is 41.3 Å². The van der Waals surface area contributed by atoms with Gasteiger partial charge in [-0.2, -0.15) is 0 Å². The molecule has 1 aliphatic rings. The molecular formula is C21H21N3O2S. The third-order valence-corrected chi connectivity index (χ3v) is 5.89. The highest BCUT2D eigenvalue weighted by Gasteiger charge is 2.20. The molecule has 0 amide bonds. The van der Waals surface area contributed by atoms with Crippen molar-refractivity contribution < 1.29 is 4.79 Å². The molecule has 0 fully saturated rings. The molecule has 0 radical (unpaired) electrons. The molecule has 0 bridgehead atoms. The Morgan fingerprint density at radius 1 is 1.19 bits per heavy atom. The van der Waals surface area contributed by atoms with E-state index < -0.39 is 0 Å². The number of aromatic nitrogens is 3. The van der Waals surface area contributed by atoms with Gasteiger partial charge in [-0.25, -0.2) is 9.89 Å². The smallest absolute Gasteiger partial charge is 0.293 e.